The van der Waals surface area contributed by atoms with E-state index in [4.69, 9.17) is 15.2 Å². The highest BCUT2D eigenvalue weighted by atomic mass is 16.6. The van der Waals surface area contributed by atoms with Crippen molar-refractivity contribution in [2.75, 3.05) is 0 Å². The molecular weight excluding hydrogens is 242 g/mol. The Balaban J connectivity index is 2.69. The van der Waals surface area contributed by atoms with Crippen molar-refractivity contribution in [2.45, 2.75) is 45.9 Å². The molecule has 19 heavy (non-hydrogen) atoms. The van der Waals surface area contributed by atoms with Gasteiger partial charge in [-0.1, -0.05) is 32.0 Å². The third-order valence-electron chi connectivity index (χ3n) is 2.81. The molecule has 0 aliphatic carbocycles. The highest BCUT2D eigenvalue weighted by Crippen LogP contribution is 2.19. The summed E-state index contributed by atoms with van der Waals surface area (Å²) in [5.41, 5.74) is 5.50. The van der Waals surface area contributed by atoms with E-state index in [0.29, 0.717) is 0 Å². The van der Waals surface area contributed by atoms with E-state index in [1.165, 1.54) is 0 Å². The fourth-order valence-electron chi connectivity index (χ4n) is 1.79. The number of hydrogen-bond donors (Lipinski definition) is 1. The molecule has 0 radical (unpaired) electrons. The summed E-state index contributed by atoms with van der Waals surface area (Å²) in [4.78, 5) is 11.5. The van der Waals surface area contributed by atoms with Crippen molar-refractivity contribution in [1.29, 1.82) is 0 Å². The first kappa shape index (κ1) is 15.5. The molecule has 0 aliphatic rings. The molecule has 0 aromatic heterocycles. The normalized spacial score (nSPS) is 15.7. The fraction of sp³-hybridized carbons (Fsp3) is 0.533. The Labute approximate surface area is 114 Å². The molecule has 0 aliphatic heterocycles. The molecule has 1 aromatic rings. The maximum Gasteiger partial charge on any atom is 0.323 e. The van der Waals surface area contributed by atoms with Crippen molar-refractivity contribution in [3.05, 3.63) is 30.3 Å². The lowest BCUT2D eigenvalue weighted by atomic mass is 10.0. The summed E-state index contributed by atoms with van der Waals surface area (Å²) in [6.45, 7) is 7.50. The van der Waals surface area contributed by atoms with Crippen molar-refractivity contribution in [3.8, 4) is 5.75 Å². The zero-order chi connectivity index (χ0) is 14.4. The number of para-hydroxylation sites is 1. The van der Waals surface area contributed by atoms with Crippen LogP contribution in [0.3, 0.4) is 0 Å². The largest absolute Gasteiger partial charge is 0.486 e. The average Bonchev–Trinajstić information content (AvgIpc) is 2.36. The standard InChI is InChI=1S/C15H23NO3/c1-10(2)14(12(4)18-15(17)11(3)16)19-13-8-6-5-7-9-13/h5-12,14H,16H2,1-4H3/t11-,12+,14-/m0/s1. The van der Waals surface area contributed by atoms with Crippen LogP contribution in [0.15, 0.2) is 30.3 Å². The quantitative estimate of drug-likeness (QED) is 0.802. The van der Waals surface area contributed by atoms with Crippen molar-refractivity contribution in [3.63, 3.8) is 0 Å². The smallest absolute Gasteiger partial charge is 0.323 e. The topological polar surface area (TPSA) is 61.5 Å². The monoisotopic (exact) mass is 265 g/mol. The Morgan fingerprint density at radius 1 is 1.11 bits per heavy atom. The number of rotatable bonds is 6. The minimum absolute atomic E-state index is 0.204. The van der Waals surface area contributed by atoms with E-state index in [2.05, 4.69) is 0 Å². The fourth-order valence-corrected chi connectivity index (χ4v) is 1.79. The molecular formula is C15H23NO3. The van der Waals surface area contributed by atoms with Gasteiger partial charge in [-0.15, -0.1) is 0 Å². The highest BCUT2D eigenvalue weighted by Gasteiger charge is 2.27. The van der Waals surface area contributed by atoms with Gasteiger partial charge in [-0.25, -0.2) is 0 Å². The zero-order valence-electron chi connectivity index (χ0n) is 12.0. The third kappa shape index (κ3) is 4.91. The van der Waals surface area contributed by atoms with Crippen LogP contribution in [0.2, 0.25) is 0 Å². The number of ether oxygens (including phenoxy) is 2. The van der Waals surface area contributed by atoms with Gasteiger partial charge in [0, 0.05) is 0 Å². The predicted molar refractivity (Wildman–Crippen MR) is 74.9 cm³/mol. The molecule has 0 heterocycles. The molecule has 0 bridgehead atoms. The lowest BCUT2D eigenvalue weighted by Gasteiger charge is -2.28. The summed E-state index contributed by atoms with van der Waals surface area (Å²) in [6, 6.07) is 8.89. The van der Waals surface area contributed by atoms with E-state index >= 15 is 0 Å². The van der Waals surface area contributed by atoms with Crippen LogP contribution >= 0.6 is 0 Å². The lowest BCUT2D eigenvalue weighted by molar-refractivity contribution is -0.155. The van der Waals surface area contributed by atoms with E-state index in [9.17, 15) is 4.79 Å². The minimum atomic E-state index is -0.619. The molecule has 0 unspecified atom stereocenters. The molecule has 0 saturated heterocycles. The van der Waals surface area contributed by atoms with Crippen molar-refractivity contribution >= 4 is 5.97 Å². The Kier molecular flexibility index (Phi) is 5.83. The maximum absolute atomic E-state index is 11.5. The van der Waals surface area contributed by atoms with Gasteiger partial charge < -0.3 is 15.2 Å². The van der Waals surface area contributed by atoms with Crippen molar-refractivity contribution in [2.24, 2.45) is 11.7 Å². The SMILES string of the molecule is CC(C)[C@H](Oc1ccccc1)[C@@H](C)OC(=O)[C@H](C)N. The first-order valence-corrected chi connectivity index (χ1v) is 6.59. The number of carbonyl (C=O) groups is 1. The van der Waals surface area contributed by atoms with E-state index in [-0.39, 0.29) is 18.1 Å². The van der Waals surface area contributed by atoms with Gasteiger partial charge in [0.2, 0.25) is 0 Å². The van der Waals surface area contributed by atoms with Gasteiger partial charge in [0.05, 0.1) is 0 Å². The van der Waals surface area contributed by atoms with Crippen LogP contribution < -0.4 is 10.5 Å². The van der Waals surface area contributed by atoms with Crippen LogP contribution in [-0.4, -0.2) is 24.2 Å². The summed E-state index contributed by atoms with van der Waals surface area (Å²) < 4.78 is 11.2. The molecule has 0 saturated carbocycles. The van der Waals surface area contributed by atoms with Gasteiger partial charge in [-0.2, -0.15) is 0 Å². The molecule has 2 N–H and O–H groups in total. The Morgan fingerprint density at radius 2 is 1.68 bits per heavy atom. The molecule has 0 fully saturated rings. The van der Waals surface area contributed by atoms with Gasteiger partial charge in [0.15, 0.2) is 0 Å². The van der Waals surface area contributed by atoms with Gasteiger partial charge in [-0.3, -0.25) is 4.79 Å². The van der Waals surface area contributed by atoms with Gasteiger partial charge in [0.25, 0.3) is 0 Å². The van der Waals surface area contributed by atoms with E-state index in [1.807, 2.05) is 51.1 Å². The summed E-state index contributed by atoms with van der Waals surface area (Å²) in [5.74, 6) is 0.579. The van der Waals surface area contributed by atoms with Crippen LogP contribution in [0.25, 0.3) is 0 Å². The Hall–Kier alpha value is -1.55. The highest BCUT2D eigenvalue weighted by molar-refractivity contribution is 5.75. The average molecular weight is 265 g/mol. The third-order valence-corrected chi connectivity index (χ3v) is 2.81. The van der Waals surface area contributed by atoms with Crippen molar-refractivity contribution < 1.29 is 14.3 Å². The zero-order valence-corrected chi connectivity index (χ0v) is 12.0. The molecule has 0 spiro atoms. The number of hydrogen-bond acceptors (Lipinski definition) is 4. The van der Waals surface area contributed by atoms with Gasteiger partial charge >= 0.3 is 5.97 Å². The second kappa shape index (κ2) is 7.14. The molecule has 3 atom stereocenters. The Bertz CT molecular complexity index is 390. The van der Waals surface area contributed by atoms with Crippen LogP contribution in [0.4, 0.5) is 0 Å². The number of benzene rings is 1. The number of esters is 1. The van der Waals surface area contributed by atoms with Crippen LogP contribution in [0, 0.1) is 5.92 Å². The van der Waals surface area contributed by atoms with Gasteiger partial charge in [0.1, 0.15) is 24.0 Å². The van der Waals surface area contributed by atoms with Crippen LogP contribution in [0.5, 0.6) is 5.75 Å². The molecule has 106 valence electrons. The summed E-state index contributed by atoms with van der Waals surface area (Å²) in [6.07, 6.45) is -0.552. The second-order valence-corrected chi connectivity index (χ2v) is 5.07. The molecule has 0 amide bonds. The summed E-state index contributed by atoms with van der Waals surface area (Å²) in [7, 11) is 0. The first-order valence-electron chi connectivity index (χ1n) is 6.59. The lowest BCUT2D eigenvalue weighted by Crippen LogP contribution is -2.41. The Morgan fingerprint density at radius 3 is 2.16 bits per heavy atom. The predicted octanol–water partition coefficient (Wildman–Crippen LogP) is 2.37. The molecule has 4 nitrogen and oxygen atoms in total. The van der Waals surface area contributed by atoms with E-state index < -0.39 is 12.0 Å². The maximum atomic E-state index is 11.5. The number of carbonyl (C=O) groups excluding carboxylic acids is 1. The molecule has 4 heteroatoms. The van der Waals surface area contributed by atoms with Crippen molar-refractivity contribution in [1.82, 2.24) is 0 Å². The molecule has 1 aromatic carbocycles. The summed E-state index contributed by atoms with van der Waals surface area (Å²) >= 11 is 0. The van der Waals surface area contributed by atoms with E-state index in [1.54, 1.807) is 6.92 Å². The molecule has 1 rings (SSSR count). The van der Waals surface area contributed by atoms with Crippen LogP contribution in [-0.2, 0) is 9.53 Å². The number of nitrogens with two attached hydrogens (primary N) is 1. The summed E-state index contributed by atoms with van der Waals surface area (Å²) in [5, 5.41) is 0. The van der Waals surface area contributed by atoms with E-state index in [0.717, 1.165) is 5.75 Å². The first-order chi connectivity index (χ1) is 8.91. The van der Waals surface area contributed by atoms with Gasteiger partial charge in [-0.05, 0) is 31.9 Å². The second-order valence-electron chi connectivity index (χ2n) is 5.07. The minimum Gasteiger partial charge on any atom is -0.486 e. The van der Waals surface area contributed by atoms with Crippen LogP contribution in [0.1, 0.15) is 27.7 Å².